The molecule has 90 valence electrons. The zero-order valence-electron chi connectivity index (χ0n) is 11.0. The molecule has 0 saturated heterocycles. The third-order valence-corrected chi connectivity index (χ3v) is 2.97. The van der Waals surface area contributed by atoms with Crippen LogP contribution in [0, 0.1) is 0 Å². The molecule has 16 heavy (non-hydrogen) atoms. The van der Waals surface area contributed by atoms with Crippen molar-refractivity contribution in [3.05, 3.63) is 28.8 Å². The van der Waals surface area contributed by atoms with Crippen molar-refractivity contribution in [3.63, 3.8) is 0 Å². The van der Waals surface area contributed by atoms with Crippen molar-refractivity contribution in [2.45, 2.75) is 46.1 Å². The van der Waals surface area contributed by atoms with E-state index in [4.69, 9.17) is 10.5 Å². The van der Waals surface area contributed by atoms with E-state index in [9.17, 15) is 0 Å². The lowest BCUT2D eigenvalue weighted by Crippen LogP contribution is -2.12. The number of aryl methyl sites for hydroxylation is 1. The van der Waals surface area contributed by atoms with Gasteiger partial charge in [0.05, 0.1) is 7.11 Å². The summed E-state index contributed by atoms with van der Waals surface area (Å²) in [4.78, 5) is 0. The van der Waals surface area contributed by atoms with Crippen molar-refractivity contribution >= 4 is 0 Å². The fourth-order valence-corrected chi connectivity index (χ4v) is 2.15. The fraction of sp³-hybridized carbons (Fsp3) is 0.571. The van der Waals surface area contributed by atoms with Gasteiger partial charge in [0.15, 0.2) is 0 Å². The number of nitrogens with two attached hydrogens (primary N) is 1. The van der Waals surface area contributed by atoms with Gasteiger partial charge in [-0.1, -0.05) is 32.9 Å². The average Bonchev–Trinajstić information content (AvgIpc) is 2.26. The van der Waals surface area contributed by atoms with Gasteiger partial charge in [-0.15, -0.1) is 0 Å². The molecule has 0 aliphatic rings. The summed E-state index contributed by atoms with van der Waals surface area (Å²) in [5.41, 5.74) is 9.77. The first-order valence-corrected chi connectivity index (χ1v) is 5.98. The smallest absolute Gasteiger partial charge is 0.127 e. The van der Waals surface area contributed by atoms with Gasteiger partial charge in [-0.3, -0.25) is 0 Å². The van der Waals surface area contributed by atoms with Crippen LogP contribution in [-0.4, -0.2) is 7.11 Å². The quantitative estimate of drug-likeness (QED) is 0.845. The topological polar surface area (TPSA) is 35.2 Å². The molecule has 2 heteroatoms. The van der Waals surface area contributed by atoms with Gasteiger partial charge in [-0.05, 0) is 30.4 Å². The third-order valence-electron chi connectivity index (χ3n) is 2.97. The number of benzene rings is 1. The first-order chi connectivity index (χ1) is 7.52. The van der Waals surface area contributed by atoms with Crippen LogP contribution >= 0.6 is 0 Å². The Balaban J connectivity index is 3.44. The molecule has 2 N–H and O–H groups in total. The van der Waals surface area contributed by atoms with Crippen molar-refractivity contribution in [2.24, 2.45) is 5.73 Å². The number of hydrogen-bond acceptors (Lipinski definition) is 2. The summed E-state index contributed by atoms with van der Waals surface area (Å²) in [6.45, 7) is 8.53. The van der Waals surface area contributed by atoms with Crippen molar-refractivity contribution in [3.8, 4) is 5.75 Å². The van der Waals surface area contributed by atoms with Crippen LogP contribution in [0.25, 0.3) is 0 Å². The fourth-order valence-electron chi connectivity index (χ4n) is 2.15. The first kappa shape index (κ1) is 13.0. The number of ether oxygens (including phenoxy) is 1. The van der Waals surface area contributed by atoms with E-state index in [0.717, 1.165) is 17.7 Å². The number of methoxy groups -OCH3 is 1. The van der Waals surface area contributed by atoms with Gasteiger partial charge in [0, 0.05) is 11.6 Å². The molecule has 1 rings (SSSR count). The monoisotopic (exact) mass is 221 g/mol. The summed E-state index contributed by atoms with van der Waals surface area (Å²) in [6, 6.07) is 4.35. The first-order valence-electron chi connectivity index (χ1n) is 5.98. The van der Waals surface area contributed by atoms with Crippen molar-refractivity contribution in [1.29, 1.82) is 0 Å². The molecule has 2 nitrogen and oxygen atoms in total. The summed E-state index contributed by atoms with van der Waals surface area (Å²) in [6.07, 6.45) is 0.973. The van der Waals surface area contributed by atoms with E-state index < -0.39 is 0 Å². The van der Waals surface area contributed by atoms with Gasteiger partial charge in [0.1, 0.15) is 5.75 Å². The molecule has 1 atom stereocenters. The van der Waals surface area contributed by atoms with Crippen molar-refractivity contribution < 1.29 is 4.74 Å². The molecule has 0 amide bonds. The molecule has 1 aromatic carbocycles. The maximum Gasteiger partial charge on any atom is 0.127 e. The van der Waals surface area contributed by atoms with E-state index >= 15 is 0 Å². The van der Waals surface area contributed by atoms with E-state index in [1.54, 1.807) is 7.11 Å². The minimum atomic E-state index is 0.0128. The predicted molar refractivity (Wildman–Crippen MR) is 69.1 cm³/mol. The summed E-state index contributed by atoms with van der Waals surface area (Å²) >= 11 is 0. The van der Waals surface area contributed by atoms with Gasteiger partial charge < -0.3 is 10.5 Å². The molecule has 0 radical (unpaired) electrons. The van der Waals surface area contributed by atoms with Gasteiger partial charge in [-0.2, -0.15) is 0 Å². The molecular formula is C14H23NO. The van der Waals surface area contributed by atoms with E-state index in [-0.39, 0.29) is 6.04 Å². The molecule has 0 aliphatic heterocycles. The zero-order chi connectivity index (χ0) is 12.3. The highest BCUT2D eigenvalue weighted by Gasteiger charge is 2.17. The summed E-state index contributed by atoms with van der Waals surface area (Å²) in [7, 11) is 1.73. The molecular weight excluding hydrogens is 198 g/mol. The van der Waals surface area contributed by atoms with Crippen LogP contribution < -0.4 is 10.5 Å². The molecule has 0 aromatic heterocycles. The van der Waals surface area contributed by atoms with Crippen LogP contribution in [-0.2, 0) is 6.42 Å². The molecule has 0 spiro atoms. The van der Waals surface area contributed by atoms with Crippen molar-refractivity contribution in [2.75, 3.05) is 7.11 Å². The van der Waals surface area contributed by atoms with Gasteiger partial charge in [0.25, 0.3) is 0 Å². The maximum absolute atomic E-state index is 6.07. The molecule has 0 heterocycles. The van der Waals surface area contributed by atoms with Gasteiger partial charge in [-0.25, -0.2) is 0 Å². The van der Waals surface area contributed by atoms with Crippen LogP contribution in [0.1, 0.15) is 56.3 Å². The minimum absolute atomic E-state index is 0.0128. The summed E-state index contributed by atoms with van der Waals surface area (Å²) < 4.78 is 5.54. The van der Waals surface area contributed by atoms with E-state index in [2.05, 4.69) is 32.9 Å². The molecule has 0 aliphatic carbocycles. The van der Waals surface area contributed by atoms with Crippen LogP contribution in [0.2, 0.25) is 0 Å². The highest BCUT2D eigenvalue weighted by Crippen LogP contribution is 2.35. The lowest BCUT2D eigenvalue weighted by Gasteiger charge is -2.21. The normalized spacial score (nSPS) is 12.9. The standard InChI is InChI=1S/C14H23NO/c1-6-11-7-8-12(9(2)3)13(10(4)15)14(11)16-5/h7-10H,6,15H2,1-5H3. The second-order valence-corrected chi connectivity index (χ2v) is 4.56. The Kier molecular flexibility index (Phi) is 4.36. The summed E-state index contributed by atoms with van der Waals surface area (Å²) in [5, 5.41) is 0. The average molecular weight is 221 g/mol. The van der Waals surface area contributed by atoms with Crippen LogP contribution in [0.3, 0.4) is 0 Å². The highest BCUT2D eigenvalue weighted by atomic mass is 16.5. The lowest BCUT2D eigenvalue weighted by atomic mass is 9.90. The lowest BCUT2D eigenvalue weighted by molar-refractivity contribution is 0.401. The Hall–Kier alpha value is -1.02. The van der Waals surface area contributed by atoms with Crippen LogP contribution in [0.15, 0.2) is 12.1 Å². The molecule has 0 bridgehead atoms. The molecule has 0 saturated carbocycles. The SMILES string of the molecule is CCc1ccc(C(C)C)c(C(C)N)c1OC. The Morgan fingerprint density at radius 1 is 1.25 bits per heavy atom. The van der Waals surface area contributed by atoms with E-state index in [1.807, 2.05) is 6.92 Å². The molecule has 0 fully saturated rings. The van der Waals surface area contributed by atoms with Crippen LogP contribution in [0.5, 0.6) is 5.75 Å². The van der Waals surface area contributed by atoms with Crippen molar-refractivity contribution in [1.82, 2.24) is 0 Å². The van der Waals surface area contributed by atoms with E-state index in [1.165, 1.54) is 11.1 Å². The highest BCUT2D eigenvalue weighted by molar-refractivity contribution is 5.49. The third kappa shape index (κ3) is 2.38. The number of hydrogen-bond donors (Lipinski definition) is 1. The van der Waals surface area contributed by atoms with Gasteiger partial charge >= 0.3 is 0 Å². The molecule has 1 aromatic rings. The second-order valence-electron chi connectivity index (χ2n) is 4.56. The molecule has 1 unspecified atom stereocenters. The van der Waals surface area contributed by atoms with E-state index in [0.29, 0.717) is 5.92 Å². The second kappa shape index (κ2) is 5.35. The number of rotatable bonds is 4. The summed E-state index contributed by atoms with van der Waals surface area (Å²) in [5.74, 6) is 1.45. The Labute approximate surface area is 98.8 Å². The Morgan fingerprint density at radius 3 is 2.25 bits per heavy atom. The Morgan fingerprint density at radius 2 is 1.88 bits per heavy atom. The minimum Gasteiger partial charge on any atom is -0.496 e. The predicted octanol–water partition coefficient (Wildman–Crippen LogP) is 3.40. The van der Waals surface area contributed by atoms with Gasteiger partial charge in [0.2, 0.25) is 0 Å². The largest absolute Gasteiger partial charge is 0.496 e. The van der Waals surface area contributed by atoms with Crippen LogP contribution in [0.4, 0.5) is 0 Å². The zero-order valence-corrected chi connectivity index (χ0v) is 11.0. The maximum atomic E-state index is 6.07. The Bertz CT molecular complexity index is 356.